The second kappa shape index (κ2) is 15.0. The van der Waals surface area contributed by atoms with Gasteiger partial charge in [0.1, 0.15) is 5.60 Å². The van der Waals surface area contributed by atoms with Gasteiger partial charge in [0.15, 0.2) is 8.32 Å². The highest BCUT2D eigenvalue weighted by Gasteiger charge is 2.36. The Kier molecular flexibility index (Phi) is 11.6. The average Bonchev–Trinajstić information content (AvgIpc) is 3.00. The van der Waals surface area contributed by atoms with E-state index in [1.165, 1.54) is 47.1 Å². The van der Waals surface area contributed by atoms with Gasteiger partial charge in [-0.15, -0.1) is 0 Å². The number of aromatic nitrogens is 1. The van der Waals surface area contributed by atoms with Gasteiger partial charge in [-0.3, -0.25) is 4.98 Å². The second-order valence-electron chi connectivity index (χ2n) is 13.4. The Morgan fingerprint density at radius 1 is 0.841 bits per heavy atom. The quantitative estimate of drug-likeness (QED) is 0.0672. The van der Waals surface area contributed by atoms with Gasteiger partial charge >= 0.3 is 0 Å². The lowest BCUT2D eigenvalue weighted by Crippen LogP contribution is -2.43. The third kappa shape index (κ3) is 8.28. The highest BCUT2D eigenvalue weighted by Crippen LogP contribution is 2.41. The van der Waals surface area contributed by atoms with Gasteiger partial charge in [-0.1, -0.05) is 68.5 Å². The molecule has 4 rings (SSSR count). The number of benzene rings is 2. The van der Waals surface area contributed by atoms with Crippen molar-refractivity contribution in [2.45, 2.75) is 117 Å². The van der Waals surface area contributed by atoms with Crippen LogP contribution in [-0.4, -0.2) is 32.1 Å². The first-order chi connectivity index (χ1) is 21.0. The highest BCUT2D eigenvalue weighted by molar-refractivity contribution is 6.69. The largest absolute Gasteiger partial charge is 0.402 e. The minimum atomic E-state index is -1.71. The fourth-order valence-electron chi connectivity index (χ4n) is 6.76. The van der Waals surface area contributed by atoms with E-state index in [2.05, 4.69) is 108 Å². The maximum absolute atomic E-state index is 6.73. The predicted molar refractivity (Wildman–Crippen MR) is 185 cm³/mol. The zero-order chi connectivity index (χ0) is 31.8. The van der Waals surface area contributed by atoms with Crippen LogP contribution in [0.3, 0.4) is 0 Å². The number of rotatable bonds is 12. The molecule has 1 aliphatic rings. The first kappa shape index (κ1) is 34.1. The van der Waals surface area contributed by atoms with E-state index in [0.29, 0.717) is 13.2 Å². The van der Waals surface area contributed by atoms with Crippen molar-refractivity contribution in [3.8, 4) is 23.1 Å². The summed E-state index contributed by atoms with van der Waals surface area (Å²) in [5.74, 6) is 7.24. The summed E-state index contributed by atoms with van der Waals surface area (Å²) < 4.78 is 6.73. The molecule has 0 spiro atoms. The molecule has 4 nitrogen and oxygen atoms in total. The Hall–Kier alpha value is -2.75. The van der Waals surface area contributed by atoms with Crippen LogP contribution in [0.2, 0.25) is 19.6 Å². The summed E-state index contributed by atoms with van der Waals surface area (Å²) in [6.07, 6.45) is 10.6. The minimum absolute atomic E-state index is 0.0661. The third-order valence-electron chi connectivity index (χ3n) is 9.13. The number of nitrogens with zero attached hydrogens (tertiary/aromatic N) is 1. The molecule has 0 radical (unpaired) electrons. The SMILES string of the molecule is CCOOCCc1ccc(-c2ccc(C(CC)(CC)c3ccc(C#CC4(O[Si](C)(C)C)CCCCC4)c(C)c3)cc2C)nc1. The van der Waals surface area contributed by atoms with Crippen LogP contribution in [0.25, 0.3) is 11.3 Å². The van der Waals surface area contributed by atoms with Gasteiger partial charge in [-0.25, -0.2) is 9.78 Å². The number of hydrogen-bond donors (Lipinski definition) is 0. The molecule has 1 aromatic heterocycles. The van der Waals surface area contributed by atoms with E-state index < -0.39 is 8.32 Å². The smallest absolute Gasteiger partial charge is 0.185 e. The molecule has 44 heavy (non-hydrogen) atoms. The molecule has 0 unspecified atom stereocenters. The van der Waals surface area contributed by atoms with Crippen LogP contribution in [0, 0.1) is 25.7 Å². The number of hydrogen-bond acceptors (Lipinski definition) is 4. The molecule has 2 aromatic carbocycles. The van der Waals surface area contributed by atoms with Crippen LogP contribution < -0.4 is 0 Å². The molecule has 0 aliphatic heterocycles. The minimum Gasteiger partial charge on any atom is -0.402 e. The fourth-order valence-corrected chi connectivity index (χ4v) is 8.19. The predicted octanol–water partition coefficient (Wildman–Crippen LogP) is 9.89. The highest BCUT2D eigenvalue weighted by atomic mass is 28.4. The monoisotopic (exact) mass is 611 g/mol. The lowest BCUT2D eigenvalue weighted by molar-refractivity contribution is -0.290. The molecule has 1 aliphatic carbocycles. The maximum atomic E-state index is 6.73. The Labute approximate surface area is 268 Å². The first-order valence-electron chi connectivity index (χ1n) is 16.7. The molecule has 5 heteroatoms. The van der Waals surface area contributed by atoms with Crippen molar-refractivity contribution in [3.63, 3.8) is 0 Å². The molecular formula is C39H53NO3Si. The van der Waals surface area contributed by atoms with Gasteiger partial charge in [-0.2, -0.15) is 0 Å². The van der Waals surface area contributed by atoms with Gasteiger partial charge in [0, 0.05) is 29.2 Å². The van der Waals surface area contributed by atoms with Crippen molar-refractivity contribution in [1.82, 2.24) is 4.98 Å². The van der Waals surface area contributed by atoms with E-state index in [1.807, 2.05) is 13.1 Å². The van der Waals surface area contributed by atoms with Crippen molar-refractivity contribution in [2.24, 2.45) is 0 Å². The van der Waals surface area contributed by atoms with Crippen molar-refractivity contribution in [3.05, 3.63) is 88.1 Å². The van der Waals surface area contributed by atoms with Crippen LogP contribution in [-0.2, 0) is 26.0 Å². The summed E-state index contributed by atoms with van der Waals surface area (Å²) in [5, 5.41) is 0. The Morgan fingerprint density at radius 3 is 2.09 bits per heavy atom. The molecule has 0 N–H and O–H groups in total. The van der Waals surface area contributed by atoms with E-state index in [9.17, 15) is 0 Å². The molecule has 3 aromatic rings. The third-order valence-corrected chi connectivity index (χ3v) is 10.1. The summed E-state index contributed by atoms with van der Waals surface area (Å²) in [6.45, 7) is 18.9. The topological polar surface area (TPSA) is 40.6 Å². The lowest BCUT2D eigenvalue weighted by atomic mass is 9.69. The standard InChI is InChI=1S/C39H53NO3Si/c1-9-39(10-2,35-18-19-36(31(5)28-35)37-20-15-32(29-40-37)22-26-42-41-11-3)34-17-16-33(30(4)27-34)21-25-38(43-44(6,7)8)23-13-12-14-24-38/h15-20,27-29H,9-14,22-24,26H2,1-8H3. The Morgan fingerprint density at radius 2 is 1.52 bits per heavy atom. The molecular weight excluding hydrogens is 559 g/mol. The number of pyridine rings is 1. The summed E-state index contributed by atoms with van der Waals surface area (Å²) in [5.41, 5.74) is 9.28. The fraction of sp³-hybridized carbons (Fsp3) is 0.513. The maximum Gasteiger partial charge on any atom is 0.185 e. The first-order valence-corrected chi connectivity index (χ1v) is 20.1. The van der Waals surface area contributed by atoms with Gasteiger partial charge in [0.2, 0.25) is 0 Å². The Bertz CT molecular complexity index is 1430. The molecule has 236 valence electrons. The molecule has 0 bridgehead atoms. The average molecular weight is 612 g/mol. The van der Waals surface area contributed by atoms with Crippen molar-refractivity contribution < 1.29 is 14.2 Å². The van der Waals surface area contributed by atoms with Gasteiger partial charge in [0.05, 0.1) is 18.9 Å². The van der Waals surface area contributed by atoms with Crippen LogP contribution in [0.15, 0.2) is 54.7 Å². The van der Waals surface area contributed by atoms with Crippen LogP contribution >= 0.6 is 0 Å². The van der Waals surface area contributed by atoms with E-state index in [4.69, 9.17) is 19.2 Å². The van der Waals surface area contributed by atoms with Crippen LogP contribution in [0.1, 0.15) is 99.1 Å². The van der Waals surface area contributed by atoms with Gasteiger partial charge in [0.25, 0.3) is 0 Å². The van der Waals surface area contributed by atoms with E-state index in [-0.39, 0.29) is 11.0 Å². The van der Waals surface area contributed by atoms with Gasteiger partial charge < -0.3 is 4.43 Å². The molecule has 1 fully saturated rings. The molecule has 0 atom stereocenters. The second-order valence-corrected chi connectivity index (χ2v) is 17.8. The lowest BCUT2D eigenvalue weighted by Gasteiger charge is -2.38. The molecule has 0 amide bonds. The van der Waals surface area contributed by atoms with Crippen molar-refractivity contribution in [1.29, 1.82) is 0 Å². The number of aryl methyl sites for hydroxylation is 2. The summed E-state index contributed by atoms with van der Waals surface area (Å²) >= 11 is 0. The zero-order valence-electron chi connectivity index (χ0n) is 28.4. The summed E-state index contributed by atoms with van der Waals surface area (Å²) in [6, 6.07) is 18.1. The van der Waals surface area contributed by atoms with Crippen LogP contribution in [0.5, 0.6) is 0 Å². The molecule has 0 saturated heterocycles. The molecule has 1 heterocycles. The zero-order valence-corrected chi connectivity index (χ0v) is 29.4. The van der Waals surface area contributed by atoms with E-state index >= 15 is 0 Å². The molecule has 1 saturated carbocycles. The van der Waals surface area contributed by atoms with Crippen molar-refractivity contribution >= 4 is 8.32 Å². The van der Waals surface area contributed by atoms with E-state index in [0.717, 1.165) is 48.9 Å². The normalized spacial score (nSPS) is 15.1. The van der Waals surface area contributed by atoms with E-state index in [1.54, 1.807) is 0 Å². The van der Waals surface area contributed by atoms with Gasteiger partial charge in [-0.05, 0) is 119 Å². The Balaban J connectivity index is 1.59. The summed E-state index contributed by atoms with van der Waals surface area (Å²) in [4.78, 5) is 14.9. The summed E-state index contributed by atoms with van der Waals surface area (Å²) in [7, 11) is -1.71. The van der Waals surface area contributed by atoms with Crippen LogP contribution in [0.4, 0.5) is 0 Å². The van der Waals surface area contributed by atoms with Crippen molar-refractivity contribution in [2.75, 3.05) is 13.2 Å².